The highest BCUT2D eigenvalue weighted by Gasteiger charge is 2.20. The molecule has 6 nitrogen and oxygen atoms in total. The van der Waals surface area contributed by atoms with Crippen LogP contribution in [0.3, 0.4) is 0 Å². The Labute approximate surface area is 116 Å². The molecule has 0 unspecified atom stereocenters. The van der Waals surface area contributed by atoms with Crippen LogP contribution in [0.25, 0.3) is 0 Å². The lowest BCUT2D eigenvalue weighted by molar-refractivity contribution is -0.137. The molecule has 0 saturated heterocycles. The number of carbonyl (C=O) groups excluding carboxylic acids is 1. The fraction of sp³-hybridized carbons (Fsp3) is 0.417. The number of amides is 1. The maximum atomic E-state index is 12.2. The van der Waals surface area contributed by atoms with E-state index in [0.29, 0.717) is 13.1 Å². The van der Waals surface area contributed by atoms with Crippen LogP contribution in [-0.2, 0) is 4.79 Å². The summed E-state index contributed by atoms with van der Waals surface area (Å²) in [6.07, 6.45) is 2.81. The summed E-state index contributed by atoms with van der Waals surface area (Å²) < 4.78 is 0. The number of carbonyl (C=O) groups is 2. The molecule has 1 aromatic rings. The Morgan fingerprint density at radius 1 is 1.37 bits per heavy atom. The Kier molecular flexibility index (Phi) is 5.72. The first-order valence-corrected chi connectivity index (χ1v) is 6.05. The van der Waals surface area contributed by atoms with Crippen LogP contribution >= 0.6 is 11.6 Å². The molecule has 0 fully saturated rings. The first-order valence-electron chi connectivity index (χ1n) is 5.67. The molecule has 0 spiro atoms. The van der Waals surface area contributed by atoms with Crippen molar-refractivity contribution < 1.29 is 14.7 Å². The van der Waals surface area contributed by atoms with E-state index < -0.39 is 11.9 Å². The highest BCUT2D eigenvalue weighted by molar-refractivity contribution is 6.33. The number of rotatable bonds is 6. The summed E-state index contributed by atoms with van der Waals surface area (Å²) in [5.41, 5.74) is 0.261. The molecule has 7 heteroatoms. The molecule has 1 heterocycles. The minimum atomic E-state index is -1.06. The van der Waals surface area contributed by atoms with Crippen molar-refractivity contribution in [3.05, 3.63) is 29.0 Å². The van der Waals surface area contributed by atoms with Crippen LogP contribution in [0.5, 0.6) is 0 Å². The van der Waals surface area contributed by atoms with Crippen molar-refractivity contribution in [3.63, 3.8) is 0 Å². The fourth-order valence-electron chi connectivity index (χ4n) is 1.46. The number of halogens is 1. The summed E-state index contributed by atoms with van der Waals surface area (Å²) >= 11 is 5.89. The molecule has 0 aliphatic rings. The lowest BCUT2D eigenvalue weighted by Crippen LogP contribution is -2.40. The molecule has 0 saturated carbocycles. The van der Waals surface area contributed by atoms with Gasteiger partial charge >= 0.3 is 5.97 Å². The number of nitrogens with zero attached hydrogens (tertiary/aromatic N) is 3. The van der Waals surface area contributed by atoms with Gasteiger partial charge in [0.2, 0.25) is 0 Å². The number of carboxylic acids is 1. The van der Waals surface area contributed by atoms with Crippen LogP contribution in [0.4, 0.5) is 0 Å². The van der Waals surface area contributed by atoms with Crippen LogP contribution in [0.2, 0.25) is 5.02 Å². The SMILES string of the molecule is CN(C)CCN(CC(=O)O)C(=O)c1ccncc1Cl. The Hall–Kier alpha value is -1.66. The first-order chi connectivity index (χ1) is 8.91. The Morgan fingerprint density at radius 3 is 2.58 bits per heavy atom. The topological polar surface area (TPSA) is 73.7 Å². The molecule has 0 aliphatic heterocycles. The van der Waals surface area contributed by atoms with Crippen LogP contribution in [0.1, 0.15) is 10.4 Å². The predicted molar refractivity (Wildman–Crippen MR) is 71.3 cm³/mol. The van der Waals surface area contributed by atoms with E-state index in [0.717, 1.165) is 0 Å². The molecule has 0 aliphatic carbocycles. The minimum absolute atomic E-state index is 0.216. The number of aromatic nitrogens is 1. The lowest BCUT2D eigenvalue weighted by Gasteiger charge is -2.23. The second-order valence-electron chi connectivity index (χ2n) is 4.28. The third-order valence-corrected chi connectivity index (χ3v) is 2.73. The molecule has 1 N–H and O–H groups in total. The Balaban J connectivity index is 2.87. The van der Waals surface area contributed by atoms with Crippen LogP contribution in [0.15, 0.2) is 18.5 Å². The van der Waals surface area contributed by atoms with Gasteiger partial charge in [0.1, 0.15) is 6.54 Å². The standard InChI is InChI=1S/C12H16ClN3O3/c1-15(2)5-6-16(8-11(17)18)12(19)9-3-4-14-7-10(9)13/h3-4,7H,5-6,8H2,1-2H3,(H,17,18). The van der Waals surface area contributed by atoms with E-state index in [1.165, 1.54) is 23.4 Å². The maximum Gasteiger partial charge on any atom is 0.323 e. The molecular formula is C12H16ClN3O3. The van der Waals surface area contributed by atoms with E-state index in [2.05, 4.69) is 4.98 Å². The average molecular weight is 286 g/mol. The molecule has 19 heavy (non-hydrogen) atoms. The zero-order chi connectivity index (χ0) is 14.4. The van der Waals surface area contributed by atoms with Crippen molar-refractivity contribution in [2.75, 3.05) is 33.7 Å². The second kappa shape index (κ2) is 7.06. The van der Waals surface area contributed by atoms with Gasteiger partial charge in [0.25, 0.3) is 5.91 Å². The van der Waals surface area contributed by atoms with Gasteiger partial charge < -0.3 is 14.9 Å². The van der Waals surface area contributed by atoms with Crippen LogP contribution in [-0.4, -0.2) is 65.5 Å². The van der Waals surface area contributed by atoms with Crippen molar-refractivity contribution in [1.29, 1.82) is 0 Å². The first kappa shape index (κ1) is 15.4. The predicted octanol–water partition coefficient (Wildman–Crippen LogP) is 0.823. The monoisotopic (exact) mass is 285 g/mol. The Bertz CT molecular complexity index is 465. The molecule has 1 rings (SSSR count). The van der Waals surface area contributed by atoms with Gasteiger partial charge in [0.05, 0.1) is 10.6 Å². The summed E-state index contributed by atoms with van der Waals surface area (Å²) in [6, 6.07) is 1.48. The quantitative estimate of drug-likeness (QED) is 0.838. The van der Waals surface area contributed by atoms with E-state index in [1.807, 2.05) is 19.0 Å². The van der Waals surface area contributed by atoms with Gasteiger partial charge in [-0.2, -0.15) is 0 Å². The molecule has 0 atom stereocenters. The number of carboxylic acid groups (broad SMARTS) is 1. The summed E-state index contributed by atoms with van der Waals surface area (Å²) in [5, 5.41) is 9.08. The van der Waals surface area contributed by atoms with Crippen molar-refractivity contribution in [2.24, 2.45) is 0 Å². The van der Waals surface area contributed by atoms with Crippen LogP contribution < -0.4 is 0 Å². The zero-order valence-electron chi connectivity index (χ0n) is 10.8. The number of hydrogen-bond acceptors (Lipinski definition) is 4. The van der Waals surface area contributed by atoms with Gasteiger partial charge in [-0.1, -0.05) is 11.6 Å². The number of aliphatic carboxylic acids is 1. The smallest absolute Gasteiger partial charge is 0.323 e. The van der Waals surface area contributed by atoms with E-state index >= 15 is 0 Å². The van der Waals surface area contributed by atoms with E-state index in [-0.39, 0.29) is 17.1 Å². The number of pyridine rings is 1. The summed E-state index contributed by atoms with van der Waals surface area (Å²) in [6.45, 7) is 0.532. The van der Waals surface area contributed by atoms with Gasteiger partial charge in [-0.3, -0.25) is 14.6 Å². The molecular weight excluding hydrogens is 270 g/mol. The van der Waals surface area contributed by atoms with E-state index in [4.69, 9.17) is 16.7 Å². The van der Waals surface area contributed by atoms with Crippen molar-refractivity contribution in [3.8, 4) is 0 Å². The Morgan fingerprint density at radius 2 is 2.05 bits per heavy atom. The average Bonchev–Trinajstić information content (AvgIpc) is 2.33. The highest BCUT2D eigenvalue weighted by atomic mass is 35.5. The normalized spacial score (nSPS) is 10.5. The maximum absolute atomic E-state index is 12.2. The van der Waals surface area contributed by atoms with Gasteiger partial charge in [-0.25, -0.2) is 0 Å². The molecule has 1 aromatic heterocycles. The van der Waals surface area contributed by atoms with E-state index in [1.54, 1.807) is 0 Å². The second-order valence-corrected chi connectivity index (χ2v) is 4.69. The molecule has 0 bridgehead atoms. The highest BCUT2D eigenvalue weighted by Crippen LogP contribution is 2.15. The third-order valence-electron chi connectivity index (χ3n) is 2.43. The largest absolute Gasteiger partial charge is 0.480 e. The van der Waals surface area contributed by atoms with Gasteiger partial charge in [-0.05, 0) is 20.2 Å². The third kappa shape index (κ3) is 4.84. The fourth-order valence-corrected chi connectivity index (χ4v) is 1.66. The minimum Gasteiger partial charge on any atom is -0.480 e. The lowest BCUT2D eigenvalue weighted by atomic mass is 10.2. The number of hydrogen-bond donors (Lipinski definition) is 1. The van der Waals surface area contributed by atoms with Crippen LogP contribution in [0, 0.1) is 0 Å². The molecule has 1 amide bonds. The summed E-state index contributed by atoms with van der Waals surface area (Å²) in [7, 11) is 3.70. The van der Waals surface area contributed by atoms with Crippen molar-refractivity contribution in [1.82, 2.24) is 14.8 Å². The van der Waals surface area contributed by atoms with E-state index in [9.17, 15) is 9.59 Å². The van der Waals surface area contributed by atoms with Gasteiger partial charge in [0, 0.05) is 25.5 Å². The molecule has 0 radical (unpaired) electrons. The molecule has 104 valence electrons. The zero-order valence-corrected chi connectivity index (χ0v) is 11.6. The summed E-state index contributed by atoms with van der Waals surface area (Å²) in [5.74, 6) is -1.46. The summed E-state index contributed by atoms with van der Waals surface area (Å²) in [4.78, 5) is 30.0. The molecule has 0 aromatic carbocycles. The van der Waals surface area contributed by atoms with Crippen molar-refractivity contribution >= 4 is 23.5 Å². The van der Waals surface area contributed by atoms with Gasteiger partial charge in [0.15, 0.2) is 0 Å². The van der Waals surface area contributed by atoms with Gasteiger partial charge in [-0.15, -0.1) is 0 Å². The number of likely N-dealkylation sites (N-methyl/N-ethyl adjacent to an activating group) is 1. The van der Waals surface area contributed by atoms with Crippen molar-refractivity contribution in [2.45, 2.75) is 0 Å².